The molecule has 0 bridgehead atoms. The Morgan fingerprint density at radius 1 is 1.41 bits per heavy atom. The first-order valence-corrected chi connectivity index (χ1v) is 9.84. The molecule has 1 aliphatic rings. The van der Waals surface area contributed by atoms with Crippen LogP contribution < -0.4 is 16.4 Å². The lowest BCUT2D eigenvalue weighted by molar-refractivity contribution is 0.0981. The molecule has 0 aliphatic heterocycles. The number of fused-ring (bicyclic) bond motifs is 1. The van der Waals surface area contributed by atoms with Gasteiger partial charge in [0.05, 0.1) is 5.69 Å². The Labute approximate surface area is 168 Å². The van der Waals surface area contributed by atoms with Crippen LogP contribution in [0.1, 0.15) is 50.4 Å². The van der Waals surface area contributed by atoms with Crippen LogP contribution in [0.2, 0.25) is 0 Å². The molecular formula is C19H26N8O2. The predicted octanol–water partition coefficient (Wildman–Crippen LogP) is 2.43. The average molecular weight is 398 g/mol. The number of H-pyrrole nitrogens is 1. The van der Waals surface area contributed by atoms with Gasteiger partial charge in [-0.1, -0.05) is 0 Å². The van der Waals surface area contributed by atoms with E-state index in [9.17, 15) is 4.79 Å². The zero-order valence-corrected chi connectivity index (χ0v) is 16.6. The number of hydrogen-bond acceptors (Lipinski definition) is 7. The normalized spacial score (nSPS) is 19.0. The third-order valence-corrected chi connectivity index (χ3v) is 5.00. The minimum absolute atomic E-state index is 0.0655. The van der Waals surface area contributed by atoms with Crippen molar-refractivity contribution >= 4 is 23.2 Å². The standard InChI is InChI=1S/C19H26N8O2/c1-11(2)22-19(28)29-14-4-3-12(7-14)15-9-17(25-24-15)23-18-16-8-13(10-20)26-27(16)6-5-21-18/h5-6,8-9,11-12,14H,3-4,7,10,20H2,1-2H3,(H,22,28)(H2,21,23,24,25). The van der Waals surface area contributed by atoms with Gasteiger partial charge in [-0.25, -0.2) is 14.3 Å². The molecule has 3 aromatic rings. The second kappa shape index (κ2) is 8.08. The van der Waals surface area contributed by atoms with Crippen molar-refractivity contribution in [3.63, 3.8) is 0 Å². The number of aromatic amines is 1. The van der Waals surface area contributed by atoms with Crippen molar-refractivity contribution in [2.75, 3.05) is 5.32 Å². The molecule has 2 atom stereocenters. The van der Waals surface area contributed by atoms with Gasteiger partial charge in [0.1, 0.15) is 11.6 Å². The lowest BCUT2D eigenvalue weighted by atomic mass is 10.0. The molecule has 1 saturated carbocycles. The number of amides is 1. The number of rotatable bonds is 6. The highest BCUT2D eigenvalue weighted by molar-refractivity contribution is 5.72. The van der Waals surface area contributed by atoms with Gasteiger partial charge in [0.15, 0.2) is 11.6 Å². The van der Waals surface area contributed by atoms with Gasteiger partial charge in [0.25, 0.3) is 0 Å². The Morgan fingerprint density at radius 3 is 3.07 bits per heavy atom. The van der Waals surface area contributed by atoms with Crippen LogP contribution in [-0.2, 0) is 11.3 Å². The van der Waals surface area contributed by atoms with E-state index in [2.05, 4.69) is 30.9 Å². The molecule has 29 heavy (non-hydrogen) atoms. The molecule has 3 aromatic heterocycles. The Kier molecular flexibility index (Phi) is 5.34. The van der Waals surface area contributed by atoms with Gasteiger partial charge >= 0.3 is 6.09 Å². The third kappa shape index (κ3) is 4.32. The Balaban J connectivity index is 1.41. The zero-order valence-electron chi connectivity index (χ0n) is 16.6. The molecule has 0 saturated heterocycles. The molecule has 1 fully saturated rings. The smallest absolute Gasteiger partial charge is 0.407 e. The first-order chi connectivity index (χ1) is 14.0. The number of nitrogens with two attached hydrogens (primary N) is 1. The van der Waals surface area contributed by atoms with Gasteiger partial charge < -0.3 is 21.1 Å². The van der Waals surface area contributed by atoms with Gasteiger partial charge in [-0.3, -0.25) is 5.10 Å². The monoisotopic (exact) mass is 398 g/mol. The number of carbonyl (C=O) groups excluding carboxylic acids is 1. The fourth-order valence-electron chi connectivity index (χ4n) is 3.65. The second-order valence-electron chi connectivity index (χ2n) is 7.62. The van der Waals surface area contributed by atoms with E-state index >= 15 is 0 Å². The van der Waals surface area contributed by atoms with Crippen molar-refractivity contribution in [2.24, 2.45) is 5.73 Å². The van der Waals surface area contributed by atoms with Crippen LogP contribution in [0.4, 0.5) is 16.4 Å². The Morgan fingerprint density at radius 2 is 2.28 bits per heavy atom. The molecule has 10 heteroatoms. The summed E-state index contributed by atoms with van der Waals surface area (Å²) in [7, 11) is 0. The molecule has 5 N–H and O–H groups in total. The summed E-state index contributed by atoms with van der Waals surface area (Å²) in [5, 5.41) is 17.9. The molecule has 0 aromatic carbocycles. The predicted molar refractivity (Wildman–Crippen MR) is 108 cm³/mol. The highest BCUT2D eigenvalue weighted by Gasteiger charge is 2.30. The van der Waals surface area contributed by atoms with E-state index in [0.29, 0.717) is 18.2 Å². The van der Waals surface area contributed by atoms with E-state index in [4.69, 9.17) is 10.5 Å². The largest absolute Gasteiger partial charge is 0.446 e. The number of hydrogen-bond donors (Lipinski definition) is 4. The maximum Gasteiger partial charge on any atom is 0.407 e. The fraction of sp³-hybridized carbons (Fsp3) is 0.474. The maximum absolute atomic E-state index is 11.8. The molecule has 0 spiro atoms. The molecule has 2 unspecified atom stereocenters. The molecule has 0 radical (unpaired) electrons. The van der Waals surface area contributed by atoms with Crippen LogP contribution >= 0.6 is 0 Å². The van der Waals surface area contributed by atoms with Gasteiger partial charge in [0.2, 0.25) is 0 Å². The molecule has 4 rings (SSSR count). The minimum atomic E-state index is -0.352. The van der Waals surface area contributed by atoms with E-state index in [1.54, 1.807) is 16.9 Å². The summed E-state index contributed by atoms with van der Waals surface area (Å²) in [5.41, 5.74) is 8.33. The third-order valence-electron chi connectivity index (χ3n) is 5.00. The van der Waals surface area contributed by atoms with E-state index in [0.717, 1.165) is 36.2 Å². The van der Waals surface area contributed by atoms with E-state index < -0.39 is 0 Å². The van der Waals surface area contributed by atoms with Gasteiger partial charge in [-0.05, 0) is 39.2 Å². The van der Waals surface area contributed by atoms with E-state index in [1.807, 2.05) is 26.0 Å². The summed E-state index contributed by atoms with van der Waals surface area (Å²) >= 11 is 0. The zero-order chi connectivity index (χ0) is 20.4. The highest BCUT2D eigenvalue weighted by Crippen LogP contribution is 2.36. The first kappa shape index (κ1) is 19.2. The van der Waals surface area contributed by atoms with Gasteiger partial charge in [-0.15, -0.1) is 0 Å². The van der Waals surface area contributed by atoms with Crippen molar-refractivity contribution in [3.05, 3.63) is 35.9 Å². The molecule has 154 valence electrons. The number of aromatic nitrogens is 5. The van der Waals surface area contributed by atoms with Crippen molar-refractivity contribution < 1.29 is 9.53 Å². The maximum atomic E-state index is 11.8. The summed E-state index contributed by atoms with van der Waals surface area (Å²) in [6.45, 7) is 4.19. The average Bonchev–Trinajstić information content (AvgIpc) is 3.40. The molecule has 1 aliphatic carbocycles. The number of ether oxygens (including phenoxy) is 1. The number of carbonyl (C=O) groups is 1. The molecular weight excluding hydrogens is 372 g/mol. The van der Waals surface area contributed by atoms with Crippen LogP contribution in [0, 0.1) is 0 Å². The Hall–Kier alpha value is -3.14. The summed E-state index contributed by atoms with van der Waals surface area (Å²) in [5.74, 6) is 1.62. The van der Waals surface area contributed by atoms with Gasteiger partial charge in [0, 0.05) is 42.7 Å². The van der Waals surface area contributed by atoms with Crippen LogP contribution in [0.25, 0.3) is 5.52 Å². The van der Waals surface area contributed by atoms with Gasteiger partial charge in [-0.2, -0.15) is 10.2 Å². The van der Waals surface area contributed by atoms with Crippen LogP contribution in [0.5, 0.6) is 0 Å². The topological polar surface area (TPSA) is 135 Å². The summed E-state index contributed by atoms with van der Waals surface area (Å²) in [6.07, 6.45) is 5.60. The van der Waals surface area contributed by atoms with Crippen molar-refractivity contribution in [2.45, 2.75) is 57.7 Å². The molecule has 1 amide bonds. The van der Waals surface area contributed by atoms with E-state index in [-0.39, 0.29) is 24.2 Å². The lowest BCUT2D eigenvalue weighted by Gasteiger charge is -2.14. The summed E-state index contributed by atoms with van der Waals surface area (Å²) in [6, 6.07) is 3.95. The van der Waals surface area contributed by atoms with Crippen molar-refractivity contribution in [1.29, 1.82) is 0 Å². The number of alkyl carbamates (subject to hydrolysis) is 1. The van der Waals surface area contributed by atoms with Crippen molar-refractivity contribution in [1.82, 2.24) is 30.1 Å². The SMILES string of the molecule is CC(C)NC(=O)OC1CCC(c2cc(Nc3nccn4nc(CN)cc34)n[nH]2)C1. The van der Waals surface area contributed by atoms with Crippen LogP contribution in [0.3, 0.4) is 0 Å². The number of anilines is 2. The quantitative estimate of drug-likeness (QED) is 0.501. The van der Waals surface area contributed by atoms with E-state index in [1.165, 1.54) is 0 Å². The summed E-state index contributed by atoms with van der Waals surface area (Å²) < 4.78 is 7.25. The molecule has 10 nitrogen and oxygen atoms in total. The van der Waals surface area contributed by atoms with Crippen LogP contribution in [0.15, 0.2) is 24.5 Å². The fourth-order valence-corrected chi connectivity index (χ4v) is 3.65. The van der Waals surface area contributed by atoms with Crippen molar-refractivity contribution in [3.8, 4) is 0 Å². The lowest BCUT2D eigenvalue weighted by Crippen LogP contribution is -2.33. The second-order valence-corrected chi connectivity index (χ2v) is 7.62. The highest BCUT2D eigenvalue weighted by atomic mass is 16.6. The summed E-state index contributed by atoms with van der Waals surface area (Å²) in [4.78, 5) is 16.2. The Bertz CT molecular complexity index is 995. The van der Waals surface area contributed by atoms with Crippen LogP contribution in [-0.4, -0.2) is 43.0 Å². The number of nitrogens with zero attached hydrogens (tertiary/aromatic N) is 4. The number of nitrogens with one attached hydrogen (secondary N) is 3. The molecule has 3 heterocycles. The minimum Gasteiger partial charge on any atom is -0.446 e. The first-order valence-electron chi connectivity index (χ1n) is 9.84.